The summed E-state index contributed by atoms with van der Waals surface area (Å²) in [5, 5.41) is 0. The summed E-state index contributed by atoms with van der Waals surface area (Å²) in [5.41, 5.74) is 2.36. The lowest BCUT2D eigenvalue weighted by Crippen LogP contribution is -2.51. The lowest BCUT2D eigenvalue weighted by molar-refractivity contribution is -0.151. The molecule has 33 heavy (non-hydrogen) atoms. The van der Waals surface area contributed by atoms with Crippen LogP contribution >= 0.6 is 0 Å². The van der Waals surface area contributed by atoms with E-state index in [1.807, 2.05) is 6.92 Å². The van der Waals surface area contributed by atoms with Gasteiger partial charge in [0, 0.05) is 12.8 Å². The monoisotopic (exact) mass is 456 g/mol. The maximum absolute atomic E-state index is 11.9. The number of ether oxygens (including phenoxy) is 2. The fourth-order valence-corrected chi connectivity index (χ4v) is 9.51. The van der Waals surface area contributed by atoms with Crippen LogP contribution in [0.4, 0.5) is 0 Å². The molecule has 3 heteroatoms. The summed E-state index contributed by atoms with van der Waals surface area (Å²) in [7, 11) is 0. The van der Waals surface area contributed by atoms with Crippen molar-refractivity contribution in [3.05, 3.63) is 11.6 Å². The molecule has 0 bridgehead atoms. The molecule has 0 aromatic carbocycles. The highest BCUT2D eigenvalue weighted by Gasteiger charge is 2.64. The van der Waals surface area contributed by atoms with Crippen LogP contribution in [0.2, 0.25) is 0 Å². The lowest BCUT2D eigenvalue weighted by atomic mass is 9.47. The number of allylic oxidation sites excluding steroid dienone is 1. The van der Waals surface area contributed by atoms with Crippen LogP contribution in [-0.2, 0) is 14.3 Å². The molecule has 5 rings (SSSR count). The Balaban J connectivity index is 1.32. The molecule has 0 radical (unpaired) electrons. The minimum atomic E-state index is -0.0374. The molecule has 4 fully saturated rings. The van der Waals surface area contributed by atoms with Crippen molar-refractivity contribution in [1.29, 1.82) is 0 Å². The summed E-state index contributed by atoms with van der Waals surface area (Å²) in [5.74, 6) is 4.60. The number of carbonyl (C=O) groups excluding carboxylic acids is 1. The van der Waals surface area contributed by atoms with E-state index in [0.717, 1.165) is 42.4 Å². The second-order valence-corrected chi connectivity index (χ2v) is 13.3. The predicted octanol–water partition coefficient (Wildman–Crippen LogP) is 7.34. The topological polar surface area (TPSA) is 35.5 Å². The molecular weight excluding hydrogens is 408 g/mol. The second kappa shape index (κ2) is 8.68. The van der Waals surface area contributed by atoms with Gasteiger partial charge in [0.25, 0.3) is 0 Å². The van der Waals surface area contributed by atoms with E-state index in [1.54, 1.807) is 5.57 Å². The van der Waals surface area contributed by atoms with Gasteiger partial charge in [0.05, 0.1) is 12.2 Å². The summed E-state index contributed by atoms with van der Waals surface area (Å²) in [4.78, 5) is 11.9. The fourth-order valence-electron chi connectivity index (χ4n) is 9.51. The fraction of sp³-hybridized carbons (Fsp3) is 0.900. The van der Waals surface area contributed by atoms with Gasteiger partial charge in [-0.2, -0.15) is 0 Å². The molecule has 1 heterocycles. The minimum absolute atomic E-state index is 0.0374. The molecule has 10 atom stereocenters. The van der Waals surface area contributed by atoms with Crippen molar-refractivity contribution in [2.75, 3.05) is 0 Å². The van der Waals surface area contributed by atoms with Crippen molar-refractivity contribution in [1.82, 2.24) is 0 Å². The number of rotatable bonds is 5. The lowest BCUT2D eigenvalue weighted by Gasteiger charge is -2.58. The molecule has 0 spiro atoms. The Morgan fingerprint density at radius 2 is 2.00 bits per heavy atom. The minimum Gasteiger partial charge on any atom is -0.462 e. The van der Waals surface area contributed by atoms with Crippen molar-refractivity contribution in [2.24, 2.45) is 46.3 Å². The van der Waals surface area contributed by atoms with Crippen LogP contribution in [0.25, 0.3) is 0 Å². The Hall–Kier alpha value is -0.830. The van der Waals surface area contributed by atoms with Crippen molar-refractivity contribution in [2.45, 2.75) is 124 Å². The molecule has 186 valence electrons. The molecular formula is C30H48O3. The van der Waals surface area contributed by atoms with Gasteiger partial charge in [0.2, 0.25) is 0 Å². The third kappa shape index (κ3) is 3.83. The van der Waals surface area contributed by atoms with E-state index in [4.69, 9.17) is 9.47 Å². The predicted molar refractivity (Wildman–Crippen MR) is 133 cm³/mol. The molecule has 3 nitrogen and oxygen atoms in total. The van der Waals surface area contributed by atoms with Crippen molar-refractivity contribution in [3.63, 3.8) is 0 Å². The molecule has 4 aliphatic carbocycles. The first-order valence-electron chi connectivity index (χ1n) is 14.2. The van der Waals surface area contributed by atoms with Gasteiger partial charge in [0.15, 0.2) is 0 Å². The Bertz CT molecular complexity index is 785. The average Bonchev–Trinajstić information content (AvgIpc) is 3.25. The van der Waals surface area contributed by atoms with E-state index >= 15 is 0 Å². The van der Waals surface area contributed by atoms with E-state index in [1.165, 1.54) is 44.9 Å². The summed E-state index contributed by atoms with van der Waals surface area (Å²) >= 11 is 0. The highest BCUT2D eigenvalue weighted by atomic mass is 16.5. The zero-order valence-corrected chi connectivity index (χ0v) is 22.1. The smallest absolute Gasteiger partial charge is 0.305 e. The Kier molecular flexibility index (Phi) is 6.28. The van der Waals surface area contributed by atoms with E-state index < -0.39 is 0 Å². The van der Waals surface area contributed by atoms with E-state index in [-0.39, 0.29) is 12.1 Å². The third-order valence-corrected chi connectivity index (χ3v) is 11.3. The maximum Gasteiger partial charge on any atom is 0.305 e. The zero-order valence-electron chi connectivity index (χ0n) is 22.1. The van der Waals surface area contributed by atoms with Crippen LogP contribution in [0.1, 0.15) is 106 Å². The van der Waals surface area contributed by atoms with Gasteiger partial charge in [-0.3, -0.25) is 4.79 Å². The van der Waals surface area contributed by atoms with E-state index in [0.29, 0.717) is 35.4 Å². The molecule has 1 aliphatic heterocycles. The largest absolute Gasteiger partial charge is 0.462 e. The molecule has 5 aliphatic rings. The molecule has 0 aromatic heterocycles. The Labute approximate surface area is 202 Å². The Morgan fingerprint density at radius 1 is 1.21 bits per heavy atom. The first-order valence-corrected chi connectivity index (χ1v) is 14.2. The molecule has 1 saturated heterocycles. The SMILES string of the molecule is CCC(=O)O[C@H]1CC[C@@]2(C)C(=CC[C@H]3[C@@H]4C[C@@H]5OC(CCC(C)C)[C@@H](C)[C@@H]5[C@@]4(C)CC[C@@H]32)C1. The van der Waals surface area contributed by atoms with Crippen LogP contribution in [0.5, 0.6) is 0 Å². The van der Waals surface area contributed by atoms with Crippen LogP contribution in [0.15, 0.2) is 11.6 Å². The quantitative estimate of drug-likeness (QED) is 0.321. The number of fused-ring (bicyclic) bond motifs is 7. The van der Waals surface area contributed by atoms with Gasteiger partial charge in [-0.05, 0) is 97.7 Å². The highest BCUT2D eigenvalue weighted by Crippen LogP contribution is 2.69. The molecule has 3 saturated carbocycles. The van der Waals surface area contributed by atoms with Gasteiger partial charge in [-0.25, -0.2) is 0 Å². The van der Waals surface area contributed by atoms with Crippen molar-refractivity contribution >= 4 is 5.97 Å². The highest BCUT2D eigenvalue weighted by molar-refractivity contribution is 5.69. The summed E-state index contributed by atoms with van der Waals surface area (Å²) in [6, 6.07) is 0. The summed E-state index contributed by atoms with van der Waals surface area (Å²) in [6.07, 6.45) is 15.1. The van der Waals surface area contributed by atoms with Crippen LogP contribution < -0.4 is 0 Å². The second-order valence-electron chi connectivity index (χ2n) is 13.3. The number of carbonyl (C=O) groups is 1. The maximum atomic E-state index is 11.9. The van der Waals surface area contributed by atoms with Crippen LogP contribution in [-0.4, -0.2) is 24.3 Å². The van der Waals surface area contributed by atoms with Gasteiger partial charge in [-0.1, -0.05) is 53.2 Å². The first kappa shape index (κ1) is 23.9. The first-order chi connectivity index (χ1) is 15.7. The standard InChI is InChI=1S/C30H48O3/c1-7-27(31)32-21-12-14-29(5)20(16-21)9-10-22-23(29)13-15-30(6)24(22)17-26-28(30)19(4)25(33-26)11-8-18(2)3/h9,18-19,21-26,28H,7-8,10-17H2,1-6H3/t19-,21+,22-,23+,24+,25?,26+,28+,29+,30+/m1/s1. The number of esters is 1. The van der Waals surface area contributed by atoms with Gasteiger partial charge >= 0.3 is 5.97 Å². The van der Waals surface area contributed by atoms with E-state index in [2.05, 4.69) is 40.7 Å². The van der Waals surface area contributed by atoms with Crippen molar-refractivity contribution < 1.29 is 14.3 Å². The van der Waals surface area contributed by atoms with Gasteiger partial charge in [-0.15, -0.1) is 0 Å². The van der Waals surface area contributed by atoms with E-state index in [9.17, 15) is 4.79 Å². The number of hydrogen-bond donors (Lipinski definition) is 0. The van der Waals surface area contributed by atoms with Gasteiger partial charge < -0.3 is 9.47 Å². The molecule has 0 amide bonds. The molecule has 1 unspecified atom stereocenters. The zero-order chi connectivity index (χ0) is 23.5. The average molecular weight is 457 g/mol. The van der Waals surface area contributed by atoms with Crippen LogP contribution in [0.3, 0.4) is 0 Å². The van der Waals surface area contributed by atoms with Crippen molar-refractivity contribution in [3.8, 4) is 0 Å². The summed E-state index contributed by atoms with van der Waals surface area (Å²) in [6.45, 7) is 14.3. The van der Waals surface area contributed by atoms with Crippen LogP contribution in [0, 0.1) is 46.3 Å². The number of hydrogen-bond acceptors (Lipinski definition) is 3. The normalized spacial score (nSPS) is 48.5. The summed E-state index contributed by atoms with van der Waals surface area (Å²) < 4.78 is 12.6. The Morgan fingerprint density at radius 3 is 2.73 bits per heavy atom. The molecule has 0 N–H and O–H groups in total. The van der Waals surface area contributed by atoms with Gasteiger partial charge in [0.1, 0.15) is 6.10 Å². The third-order valence-electron chi connectivity index (χ3n) is 11.3. The molecule has 0 aromatic rings.